The highest BCUT2D eigenvalue weighted by Gasteiger charge is 2.54. The van der Waals surface area contributed by atoms with Crippen molar-refractivity contribution in [3.63, 3.8) is 0 Å². The number of aliphatic imine (C=N–C) groups is 1. The van der Waals surface area contributed by atoms with Gasteiger partial charge < -0.3 is 0 Å². The number of urea groups is 1. The fraction of sp³-hybridized carbons (Fsp3) is 0.280. The van der Waals surface area contributed by atoms with Crippen LogP contribution >= 0.6 is 11.6 Å². The van der Waals surface area contributed by atoms with Crippen LogP contribution in [0.4, 0.5) is 10.5 Å². The van der Waals surface area contributed by atoms with E-state index in [1.165, 1.54) is 9.80 Å². The Hall–Kier alpha value is -3.45. The summed E-state index contributed by atoms with van der Waals surface area (Å²) < 4.78 is 2.03. The summed E-state index contributed by atoms with van der Waals surface area (Å²) in [6.45, 7) is 3.82. The molecule has 5 rings (SSSR count). The van der Waals surface area contributed by atoms with Gasteiger partial charge in [0.2, 0.25) is 11.9 Å². The summed E-state index contributed by atoms with van der Waals surface area (Å²) in [4.78, 5) is 36.3. The van der Waals surface area contributed by atoms with E-state index in [2.05, 4.69) is 11.8 Å². The first-order valence-electron chi connectivity index (χ1n) is 11.0. The van der Waals surface area contributed by atoms with Crippen LogP contribution in [-0.4, -0.2) is 70.8 Å². The average Bonchev–Trinajstić information content (AvgIpc) is 3.20. The third-order valence-corrected chi connectivity index (χ3v) is 6.42. The largest absolute Gasteiger partial charge is 0.397 e. The number of halogens is 1. The van der Waals surface area contributed by atoms with E-state index < -0.39 is 6.04 Å². The van der Waals surface area contributed by atoms with Crippen molar-refractivity contribution >= 4 is 47.1 Å². The number of carbonyl (C=O) groups excluding carboxylic acids is 2. The minimum Gasteiger partial charge on any atom is -0.270 e. The zero-order chi connectivity index (χ0) is 23.1. The molecule has 8 heteroatoms. The molecule has 2 aromatic carbocycles. The lowest BCUT2D eigenvalue weighted by Crippen LogP contribution is -2.63. The fourth-order valence-corrected chi connectivity index (χ4v) is 4.69. The van der Waals surface area contributed by atoms with Gasteiger partial charge in [-0.2, -0.15) is 0 Å². The summed E-state index contributed by atoms with van der Waals surface area (Å²) in [5.74, 6) is 1.25. The third kappa shape index (κ3) is 3.82. The van der Waals surface area contributed by atoms with Gasteiger partial charge in [-0.25, -0.2) is 14.3 Å². The van der Waals surface area contributed by atoms with Crippen molar-refractivity contribution < 1.29 is 14.2 Å². The Balaban J connectivity index is 1.46. The van der Waals surface area contributed by atoms with E-state index in [0.717, 1.165) is 17.8 Å². The molecule has 1 fully saturated rings. The number of fused-ring (bicyclic) bond motifs is 2. The van der Waals surface area contributed by atoms with Crippen LogP contribution in [0.2, 0.25) is 5.02 Å². The van der Waals surface area contributed by atoms with Crippen molar-refractivity contribution in [1.29, 1.82) is 0 Å². The number of hydrogen-bond acceptors (Lipinski definition) is 4. The molecule has 3 aliphatic heterocycles. The number of likely N-dealkylation sites (N-methyl/N-ethyl adjacent to an activating group) is 1. The summed E-state index contributed by atoms with van der Waals surface area (Å²) in [6.07, 6.45) is 3.77. The van der Waals surface area contributed by atoms with E-state index in [0.29, 0.717) is 29.3 Å². The molecule has 2 atom stereocenters. The molecule has 0 saturated carbocycles. The minimum absolute atomic E-state index is 0.209. The van der Waals surface area contributed by atoms with Crippen LogP contribution in [0.5, 0.6) is 0 Å². The van der Waals surface area contributed by atoms with Crippen LogP contribution in [-0.2, 0) is 4.79 Å². The molecule has 0 spiro atoms. The Morgan fingerprint density at radius 2 is 1.85 bits per heavy atom. The number of amides is 3. The molecule has 3 amide bonds. The van der Waals surface area contributed by atoms with Gasteiger partial charge >= 0.3 is 12.0 Å². The second-order valence-electron chi connectivity index (χ2n) is 8.62. The molecule has 168 valence electrons. The number of benzene rings is 2. The van der Waals surface area contributed by atoms with Crippen molar-refractivity contribution in [2.45, 2.75) is 13.0 Å². The van der Waals surface area contributed by atoms with Gasteiger partial charge in [0, 0.05) is 24.5 Å². The Morgan fingerprint density at radius 1 is 1.12 bits per heavy atom. The number of carbonyl (C=O) groups is 2. The van der Waals surface area contributed by atoms with Gasteiger partial charge in [0.15, 0.2) is 0 Å². The highest BCUT2D eigenvalue weighted by Crippen LogP contribution is 2.28. The topological polar surface area (TPSA) is 59.2 Å². The molecule has 0 bridgehead atoms. The molecular formula is C25H25ClN5O2+. The Bertz CT molecular complexity index is 1190. The molecular weight excluding hydrogens is 438 g/mol. The second-order valence-corrected chi connectivity index (χ2v) is 9.06. The molecule has 33 heavy (non-hydrogen) atoms. The molecule has 2 aromatic rings. The predicted molar refractivity (Wildman–Crippen MR) is 130 cm³/mol. The first kappa shape index (κ1) is 21.4. The summed E-state index contributed by atoms with van der Waals surface area (Å²) in [7, 11) is 1.68. The SMILES string of the molecule is CC1CN(c2ccc(Cl)cc2)C2=[N+](C1)C1C(=O)N(C/C=C/c3ccccc3)C(=O)N(C)C1=N2. The quantitative estimate of drug-likeness (QED) is 0.653. The Morgan fingerprint density at radius 3 is 2.58 bits per heavy atom. The number of guanidine groups is 1. The summed E-state index contributed by atoms with van der Waals surface area (Å²) in [5.41, 5.74) is 1.97. The molecule has 2 unspecified atom stereocenters. The molecule has 3 aliphatic rings. The van der Waals surface area contributed by atoms with Crippen molar-refractivity contribution in [3.05, 3.63) is 71.3 Å². The first-order valence-corrected chi connectivity index (χ1v) is 11.4. The molecule has 0 radical (unpaired) electrons. The number of imide groups is 1. The average molecular weight is 463 g/mol. The van der Waals surface area contributed by atoms with Crippen LogP contribution in [0, 0.1) is 5.92 Å². The van der Waals surface area contributed by atoms with Crippen molar-refractivity contribution in [2.24, 2.45) is 10.9 Å². The van der Waals surface area contributed by atoms with Gasteiger partial charge in [-0.3, -0.25) is 14.6 Å². The Labute approximate surface area is 197 Å². The molecule has 0 N–H and O–H groups in total. The highest BCUT2D eigenvalue weighted by atomic mass is 35.5. The lowest BCUT2D eigenvalue weighted by Gasteiger charge is -2.35. The van der Waals surface area contributed by atoms with Crippen molar-refractivity contribution in [3.8, 4) is 0 Å². The zero-order valence-electron chi connectivity index (χ0n) is 18.6. The van der Waals surface area contributed by atoms with Crippen LogP contribution in [0.15, 0.2) is 65.7 Å². The van der Waals surface area contributed by atoms with Crippen LogP contribution < -0.4 is 4.90 Å². The minimum atomic E-state index is -0.606. The van der Waals surface area contributed by atoms with Gasteiger partial charge in [-0.05, 0) is 29.8 Å². The summed E-state index contributed by atoms with van der Waals surface area (Å²) in [5, 5.41) is 0.664. The van der Waals surface area contributed by atoms with Gasteiger partial charge in [0.1, 0.15) is 5.69 Å². The van der Waals surface area contributed by atoms with Crippen LogP contribution in [0.1, 0.15) is 12.5 Å². The molecule has 3 heterocycles. The number of rotatable bonds is 4. The maximum Gasteiger partial charge on any atom is 0.397 e. The highest BCUT2D eigenvalue weighted by molar-refractivity contribution is 6.30. The standard InChI is InChI=1S/C25H25ClN5O2/c1-17-15-30(20-12-10-19(26)11-13-20)24-27-22-21(31(24)16-17)23(32)29(25(33)28(22)2)14-6-9-18-7-4-3-5-8-18/h3-13,17,21H,14-16H2,1-2H3/q+1/b9-6+. The van der Waals surface area contributed by atoms with Crippen molar-refractivity contribution in [1.82, 2.24) is 9.80 Å². The lowest BCUT2D eigenvalue weighted by molar-refractivity contribution is -0.545. The Kier molecular flexibility index (Phi) is 5.50. The summed E-state index contributed by atoms with van der Waals surface area (Å²) in [6, 6.07) is 16.4. The fourth-order valence-electron chi connectivity index (χ4n) is 4.56. The number of nitrogens with zero attached hydrogens (tertiary/aromatic N) is 5. The summed E-state index contributed by atoms with van der Waals surface area (Å²) >= 11 is 6.08. The van der Waals surface area contributed by atoms with Crippen LogP contribution in [0.3, 0.4) is 0 Å². The predicted octanol–water partition coefficient (Wildman–Crippen LogP) is 3.55. The molecule has 0 aromatic heterocycles. The van der Waals surface area contributed by atoms with Gasteiger partial charge in [-0.15, -0.1) is 0 Å². The first-order chi connectivity index (χ1) is 15.9. The smallest absolute Gasteiger partial charge is 0.270 e. The van der Waals surface area contributed by atoms with Gasteiger partial charge in [0.25, 0.3) is 5.91 Å². The molecule has 7 nitrogen and oxygen atoms in total. The van der Waals surface area contributed by atoms with E-state index in [9.17, 15) is 9.59 Å². The van der Waals surface area contributed by atoms with Gasteiger partial charge in [-0.1, -0.05) is 66.0 Å². The van der Waals surface area contributed by atoms with E-state index in [1.54, 1.807) is 7.05 Å². The van der Waals surface area contributed by atoms with Crippen LogP contribution in [0.25, 0.3) is 6.08 Å². The van der Waals surface area contributed by atoms with Gasteiger partial charge in [0.05, 0.1) is 13.1 Å². The normalized spacial score (nSPS) is 22.8. The van der Waals surface area contributed by atoms with E-state index in [-0.39, 0.29) is 18.5 Å². The molecule has 1 saturated heterocycles. The van der Waals surface area contributed by atoms with E-state index in [4.69, 9.17) is 16.6 Å². The maximum atomic E-state index is 13.5. The number of hydrogen-bond donors (Lipinski definition) is 0. The maximum absolute atomic E-state index is 13.5. The van der Waals surface area contributed by atoms with E-state index >= 15 is 0 Å². The van der Waals surface area contributed by atoms with Crippen molar-refractivity contribution in [2.75, 3.05) is 31.6 Å². The number of anilines is 1. The monoisotopic (exact) mass is 462 g/mol. The third-order valence-electron chi connectivity index (χ3n) is 6.17. The lowest BCUT2D eigenvalue weighted by atomic mass is 10.1. The zero-order valence-corrected chi connectivity index (χ0v) is 19.3. The molecule has 0 aliphatic carbocycles. The van der Waals surface area contributed by atoms with E-state index in [1.807, 2.05) is 71.3 Å². The second kappa shape index (κ2) is 8.48. The number of amidine groups is 1.